The molecule has 1 aliphatic heterocycles. The first-order valence-electron chi connectivity index (χ1n) is 10.1. The van der Waals surface area contributed by atoms with Gasteiger partial charge in [-0.3, -0.25) is 0 Å². The van der Waals surface area contributed by atoms with Gasteiger partial charge in [0.05, 0.1) is 17.9 Å². The Labute approximate surface area is 185 Å². The molecule has 1 aromatic heterocycles. The van der Waals surface area contributed by atoms with Crippen LogP contribution < -0.4 is 10.6 Å². The highest BCUT2D eigenvalue weighted by Crippen LogP contribution is 2.28. The van der Waals surface area contributed by atoms with Crippen LogP contribution in [-0.4, -0.2) is 41.2 Å². The van der Waals surface area contributed by atoms with Gasteiger partial charge in [0.25, 0.3) is 0 Å². The van der Waals surface area contributed by atoms with Crippen molar-refractivity contribution in [2.24, 2.45) is 5.92 Å². The fraction of sp³-hybridized carbons (Fsp3) is 0.524. The molecule has 1 amide bonds. The fourth-order valence-electron chi connectivity index (χ4n) is 3.29. The zero-order valence-electron chi connectivity index (χ0n) is 17.5. The molecule has 164 valence electrons. The molecule has 1 aliphatic rings. The van der Waals surface area contributed by atoms with Crippen LogP contribution >= 0.6 is 22.9 Å². The number of piperidine rings is 1. The van der Waals surface area contributed by atoms with Gasteiger partial charge in [0, 0.05) is 30.7 Å². The Morgan fingerprint density at radius 1 is 1.33 bits per heavy atom. The van der Waals surface area contributed by atoms with E-state index in [1.54, 1.807) is 17.2 Å². The normalized spacial score (nSPS) is 15.2. The maximum atomic E-state index is 14.4. The number of rotatable bonds is 6. The second kappa shape index (κ2) is 9.83. The molecule has 3 rings (SSSR count). The van der Waals surface area contributed by atoms with Crippen molar-refractivity contribution in [3.63, 3.8) is 0 Å². The minimum absolute atomic E-state index is 0.256. The number of nitrogens with one attached hydrogen (secondary N) is 2. The second-order valence-corrected chi connectivity index (χ2v) is 10.1. The number of thiazole rings is 1. The molecule has 30 heavy (non-hydrogen) atoms. The van der Waals surface area contributed by atoms with Crippen molar-refractivity contribution in [1.29, 1.82) is 0 Å². The summed E-state index contributed by atoms with van der Waals surface area (Å²) in [5.41, 5.74) is 0.675. The number of para-hydroxylation sites is 1. The van der Waals surface area contributed by atoms with Gasteiger partial charge in [-0.1, -0.05) is 17.7 Å². The van der Waals surface area contributed by atoms with E-state index in [4.69, 9.17) is 16.3 Å². The van der Waals surface area contributed by atoms with Crippen molar-refractivity contribution in [2.45, 2.75) is 45.8 Å². The number of amides is 1. The highest BCUT2D eigenvalue weighted by Gasteiger charge is 2.26. The van der Waals surface area contributed by atoms with Crippen LogP contribution in [0.25, 0.3) is 0 Å². The molecule has 1 fully saturated rings. The Hall–Kier alpha value is -2.06. The number of benzene rings is 1. The summed E-state index contributed by atoms with van der Waals surface area (Å²) in [5, 5.41) is 6.52. The monoisotopic (exact) mass is 454 g/mol. The zero-order valence-corrected chi connectivity index (χ0v) is 19.1. The van der Waals surface area contributed by atoms with Gasteiger partial charge in [-0.15, -0.1) is 11.3 Å². The number of likely N-dealkylation sites (tertiary alicyclic amines) is 1. The van der Waals surface area contributed by atoms with Crippen LogP contribution in [-0.2, 0) is 11.3 Å². The van der Waals surface area contributed by atoms with Crippen LogP contribution in [0.4, 0.5) is 20.6 Å². The molecule has 9 heteroatoms. The molecule has 0 aliphatic carbocycles. The van der Waals surface area contributed by atoms with Crippen LogP contribution in [0.2, 0.25) is 4.47 Å². The Kier molecular flexibility index (Phi) is 7.41. The number of nitrogens with zero attached hydrogens (tertiary/aromatic N) is 2. The van der Waals surface area contributed by atoms with E-state index in [1.165, 1.54) is 17.4 Å². The number of carbonyl (C=O) groups is 1. The summed E-state index contributed by atoms with van der Waals surface area (Å²) in [5.74, 6) is 0.0930. The quantitative estimate of drug-likeness (QED) is 0.594. The number of anilines is 2. The molecule has 0 bridgehead atoms. The van der Waals surface area contributed by atoms with Crippen molar-refractivity contribution in [3.8, 4) is 0 Å². The van der Waals surface area contributed by atoms with Crippen LogP contribution in [0.1, 0.15) is 38.5 Å². The predicted molar refractivity (Wildman–Crippen MR) is 120 cm³/mol. The standard InChI is InChI=1S/C21H28ClFN4O2S/c1-21(2,3)29-20(28)27-9-7-14(8-10-27)11-24-17-6-4-5-16(23)18(17)25-12-15-13-26-19(22)30-15/h4-6,13-14,24-25H,7-12H2,1-3H3. The van der Waals surface area contributed by atoms with Gasteiger partial charge in [-0.05, 0) is 51.7 Å². The second-order valence-electron chi connectivity index (χ2n) is 8.39. The Morgan fingerprint density at radius 2 is 2.07 bits per heavy atom. The lowest BCUT2D eigenvalue weighted by molar-refractivity contribution is 0.0188. The summed E-state index contributed by atoms with van der Waals surface area (Å²) < 4.78 is 20.3. The predicted octanol–water partition coefficient (Wildman–Crippen LogP) is 5.61. The number of ether oxygens (including phenoxy) is 1. The van der Waals surface area contributed by atoms with E-state index in [9.17, 15) is 9.18 Å². The third kappa shape index (κ3) is 6.47. The van der Waals surface area contributed by atoms with Crippen molar-refractivity contribution in [1.82, 2.24) is 9.88 Å². The summed E-state index contributed by atoms with van der Waals surface area (Å²) >= 11 is 7.23. The first-order chi connectivity index (χ1) is 14.2. The Balaban J connectivity index is 1.51. The molecule has 2 heterocycles. The van der Waals surface area contributed by atoms with Gasteiger partial charge in [0.2, 0.25) is 0 Å². The molecule has 1 saturated heterocycles. The average Bonchev–Trinajstić information content (AvgIpc) is 3.10. The summed E-state index contributed by atoms with van der Waals surface area (Å²) in [4.78, 5) is 18.9. The smallest absolute Gasteiger partial charge is 0.410 e. The van der Waals surface area contributed by atoms with E-state index in [0.717, 1.165) is 23.4 Å². The number of halogens is 2. The van der Waals surface area contributed by atoms with Gasteiger partial charge in [-0.25, -0.2) is 14.2 Å². The molecule has 0 atom stereocenters. The topological polar surface area (TPSA) is 66.5 Å². The van der Waals surface area contributed by atoms with Gasteiger partial charge in [0.15, 0.2) is 4.47 Å². The maximum Gasteiger partial charge on any atom is 0.410 e. The minimum atomic E-state index is -0.485. The third-order valence-corrected chi connectivity index (χ3v) is 5.94. The van der Waals surface area contributed by atoms with Crippen molar-refractivity contribution in [3.05, 3.63) is 39.6 Å². The van der Waals surface area contributed by atoms with Crippen LogP contribution in [0.5, 0.6) is 0 Å². The Bertz CT molecular complexity index is 863. The van der Waals surface area contributed by atoms with Gasteiger partial charge in [0.1, 0.15) is 11.4 Å². The molecular weight excluding hydrogens is 427 g/mol. The van der Waals surface area contributed by atoms with Gasteiger partial charge in [-0.2, -0.15) is 0 Å². The molecule has 0 saturated carbocycles. The fourth-order valence-corrected chi connectivity index (χ4v) is 4.21. The molecule has 6 nitrogen and oxygen atoms in total. The highest BCUT2D eigenvalue weighted by atomic mass is 35.5. The van der Waals surface area contributed by atoms with E-state index in [2.05, 4.69) is 15.6 Å². The van der Waals surface area contributed by atoms with Crippen LogP contribution in [0.3, 0.4) is 0 Å². The summed E-state index contributed by atoms with van der Waals surface area (Å²) in [6, 6.07) is 4.99. The largest absolute Gasteiger partial charge is 0.444 e. The van der Waals surface area contributed by atoms with E-state index < -0.39 is 5.60 Å². The summed E-state index contributed by atoms with van der Waals surface area (Å²) in [6.07, 6.45) is 3.19. The van der Waals surface area contributed by atoms with E-state index >= 15 is 0 Å². The summed E-state index contributed by atoms with van der Waals surface area (Å²) in [6.45, 7) is 8.12. The molecule has 1 aromatic carbocycles. The molecule has 0 spiro atoms. The average molecular weight is 455 g/mol. The number of hydrogen-bond acceptors (Lipinski definition) is 6. The van der Waals surface area contributed by atoms with Crippen LogP contribution in [0.15, 0.2) is 24.4 Å². The molecule has 0 unspecified atom stereocenters. The third-order valence-electron chi connectivity index (χ3n) is 4.83. The van der Waals surface area contributed by atoms with E-state index in [0.29, 0.717) is 42.3 Å². The van der Waals surface area contributed by atoms with Crippen LogP contribution in [0, 0.1) is 11.7 Å². The first-order valence-corrected chi connectivity index (χ1v) is 11.2. The molecule has 2 aromatic rings. The molecule has 2 N–H and O–H groups in total. The lowest BCUT2D eigenvalue weighted by atomic mass is 9.97. The van der Waals surface area contributed by atoms with E-state index in [-0.39, 0.29) is 11.9 Å². The van der Waals surface area contributed by atoms with Gasteiger partial charge < -0.3 is 20.3 Å². The lowest BCUT2D eigenvalue weighted by Gasteiger charge is -2.33. The maximum absolute atomic E-state index is 14.4. The SMILES string of the molecule is CC(C)(C)OC(=O)N1CCC(CNc2cccc(F)c2NCc2cnc(Cl)s2)CC1. The van der Waals surface area contributed by atoms with Crippen molar-refractivity contribution >= 4 is 40.4 Å². The molecular formula is C21H28ClFN4O2S. The highest BCUT2D eigenvalue weighted by molar-refractivity contribution is 7.15. The number of aromatic nitrogens is 1. The minimum Gasteiger partial charge on any atom is -0.444 e. The number of hydrogen-bond donors (Lipinski definition) is 2. The molecule has 0 radical (unpaired) electrons. The lowest BCUT2D eigenvalue weighted by Crippen LogP contribution is -2.42. The van der Waals surface area contributed by atoms with Gasteiger partial charge >= 0.3 is 6.09 Å². The van der Waals surface area contributed by atoms with E-state index in [1.807, 2.05) is 26.8 Å². The Morgan fingerprint density at radius 3 is 2.70 bits per heavy atom. The first kappa shape index (κ1) is 22.6. The van der Waals surface area contributed by atoms with Crippen molar-refractivity contribution < 1.29 is 13.9 Å². The number of carbonyl (C=O) groups excluding carboxylic acids is 1. The summed E-state index contributed by atoms with van der Waals surface area (Å²) in [7, 11) is 0. The zero-order chi connectivity index (χ0) is 21.7. The van der Waals surface area contributed by atoms with Crippen molar-refractivity contribution in [2.75, 3.05) is 30.3 Å².